The van der Waals surface area contributed by atoms with Gasteiger partial charge in [-0.25, -0.2) is 9.98 Å². The number of guanidine groups is 1. The van der Waals surface area contributed by atoms with Crippen molar-refractivity contribution in [2.45, 2.75) is 19.9 Å². The lowest BCUT2D eigenvalue weighted by Crippen LogP contribution is -2.22. The number of aromatic nitrogens is 1. The number of benzene rings is 1. The van der Waals surface area contributed by atoms with Gasteiger partial charge in [-0.05, 0) is 24.1 Å². The van der Waals surface area contributed by atoms with Crippen LogP contribution in [-0.2, 0) is 6.54 Å². The van der Waals surface area contributed by atoms with E-state index in [1.54, 1.807) is 13.3 Å². The molecule has 1 aromatic carbocycles. The fourth-order valence-electron chi connectivity index (χ4n) is 1.90. The Morgan fingerprint density at radius 2 is 2.09 bits per heavy atom. The highest BCUT2D eigenvalue weighted by atomic mass is 16.5. The van der Waals surface area contributed by atoms with Crippen molar-refractivity contribution in [2.75, 3.05) is 19.0 Å². The van der Waals surface area contributed by atoms with Crippen LogP contribution >= 0.6 is 0 Å². The largest absolute Gasteiger partial charge is 0.495 e. The number of nitrogens with one attached hydrogen (secondary N) is 1. The SMILES string of the molecule is CCCOc1ccc(CN=C(N)Nc2ccccc2OC)cn1. The zero-order valence-corrected chi connectivity index (χ0v) is 13.5. The molecule has 0 bridgehead atoms. The van der Waals surface area contributed by atoms with Crippen LogP contribution < -0.4 is 20.5 Å². The topological polar surface area (TPSA) is 81.8 Å². The first-order valence-corrected chi connectivity index (χ1v) is 7.50. The van der Waals surface area contributed by atoms with Crippen LogP contribution in [0.5, 0.6) is 11.6 Å². The second-order valence-electron chi connectivity index (χ2n) is 4.88. The standard InChI is InChI=1S/C17H22N4O2/c1-3-10-23-16-9-8-13(11-19-16)12-20-17(18)21-14-6-4-5-7-15(14)22-2/h4-9,11H,3,10,12H2,1-2H3,(H3,18,20,21). The smallest absolute Gasteiger partial charge is 0.213 e. The lowest BCUT2D eigenvalue weighted by atomic mass is 10.3. The minimum absolute atomic E-state index is 0.320. The molecule has 0 aliphatic rings. The molecule has 1 aromatic heterocycles. The van der Waals surface area contributed by atoms with Crippen molar-refractivity contribution in [3.63, 3.8) is 0 Å². The van der Waals surface area contributed by atoms with Crippen LogP contribution in [0.1, 0.15) is 18.9 Å². The summed E-state index contributed by atoms with van der Waals surface area (Å²) in [5.74, 6) is 1.66. The summed E-state index contributed by atoms with van der Waals surface area (Å²) in [6.07, 6.45) is 2.70. The molecule has 0 aliphatic heterocycles. The Balaban J connectivity index is 1.94. The Labute approximate surface area is 136 Å². The molecule has 2 aromatic rings. The molecule has 23 heavy (non-hydrogen) atoms. The molecule has 0 radical (unpaired) electrons. The summed E-state index contributed by atoms with van der Waals surface area (Å²) in [4.78, 5) is 8.54. The average molecular weight is 314 g/mol. The van der Waals surface area contributed by atoms with Crippen LogP contribution in [0.15, 0.2) is 47.6 Å². The zero-order chi connectivity index (χ0) is 16.5. The van der Waals surface area contributed by atoms with E-state index in [0.29, 0.717) is 30.7 Å². The summed E-state index contributed by atoms with van der Waals surface area (Å²) in [7, 11) is 1.61. The van der Waals surface area contributed by atoms with Crippen molar-refractivity contribution in [2.24, 2.45) is 10.7 Å². The van der Waals surface area contributed by atoms with Gasteiger partial charge in [0.15, 0.2) is 5.96 Å². The molecule has 0 saturated carbocycles. The molecule has 0 unspecified atom stereocenters. The number of nitrogens with zero attached hydrogens (tertiary/aromatic N) is 2. The van der Waals surface area contributed by atoms with Crippen molar-refractivity contribution in [3.8, 4) is 11.6 Å². The monoisotopic (exact) mass is 314 g/mol. The number of rotatable bonds is 7. The van der Waals surface area contributed by atoms with Crippen molar-refractivity contribution in [1.82, 2.24) is 4.98 Å². The van der Waals surface area contributed by atoms with Crippen molar-refractivity contribution < 1.29 is 9.47 Å². The summed E-state index contributed by atoms with van der Waals surface area (Å²) in [5.41, 5.74) is 7.64. The Morgan fingerprint density at radius 3 is 2.78 bits per heavy atom. The maximum Gasteiger partial charge on any atom is 0.213 e. The zero-order valence-electron chi connectivity index (χ0n) is 13.5. The number of aliphatic imine (C=N–C) groups is 1. The first-order valence-electron chi connectivity index (χ1n) is 7.50. The number of pyridine rings is 1. The first-order chi connectivity index (χ1) is 11.2. The molecule has 0 fully saturated rings. The second-order valence-corrected chi connectivity index (χ2v) is 4.88. The molecular weight excluding hydrogens is 292 g/mol. The molecule has 0 atom stereocenters. The van der Waals surface area contributed by atoms with Crippen LogP contribution in [0.4, 0.5) is 5.69 Å². The van der Waals surface area contributed by atoms with E-state index < -0.39 is 0 Å². The summed E-state index contributed by atoms with van der Waals surface area (Å²) in [6.45, 7) is 3.16. The second kappa shape index (κ2) is 8.63. The lowest BCUT2D eigenvalue weighted by molar-refractivity contribution is 0.305. The van der Waals surface area contributed by atoms with Gasteiger partial charge in [0.2, 0.25) is 5.88 Å². The van der Waals surface area contributed by atoms with E-state index in [4.69, 9.17) is 15.2 Å². The predicted molar refractivity (Wildman–Crippen MR) is 92.0 cm³/mol. The van der Waals surface area contributed by atoms with Crippen molar-refractivity contribution in [3.05, 3.63) is 48.2 Å². The molecule has 0 spiro atoms. The number of anilines is 1. The summed E-state index contributed by atoms with van der Waals surface area (Å²) in [5, 5.41) is 3.03. The molecule has 1 heterocycles. The third kappa shape index (κ3) is 5.18. The third-order valence-electron chi connectivity index (χ3n) is 3.05. The Hall–Kier alpha value is -2.76. The Morgan fingerprint density at radius 1 is 1.26 bits per heavy atom. The molecule has 0 aliphatic carbocycles. The van der Waals surface area contributed by atoms with Crippen LogP contribution in [0.25, 0.3) is 0 Å². The van der Waals surface area contributed by atoms with E-state index in [9.17, 15) is 0 Å². The molecular formula is C17H22N4O2. The Bertz CT molecular complexity index is 641. The van der Waals surface area contributed by atoms with E-state index in [1.165, 1.54) is 0 Å². The summed E-state index contributed by atoms with van der Waals surface area (Å²) in [6, 6.07) is 11.3. The van der Waals surface area contributed by atoms with E-state index in [0.717, 1.165) is 17.7 Å². The van der Waals surface area contributed by atoms with Gasteiger partial charge in [-0.1, -0.05) is 25.1 Å². The fraction of sp³-hybridized carbons (Fsp3) is 0.294. The van der Waals surface area contributed by atoms with Crippen molar-refractivity contribution >= 4 is 11.6 Å². The lowest BCUT2D eigenvalue weighted by Gasteiger charge is -2.10. The molecule has 0 saturated heterocycles. The van der Waals surface area contributed by atoms with Gasteiger partial charge in [-0.3, -0.25) is 0 Å². The summed E-state index contributed by atoms with van der Waals surface area (Å²) >= 11 is 0. The van der Waals surface area contributed by atoms with Gasteiger partial charge >= 0.3 is 0 Å². The van der Waals surface area contributed by atoms with E-state index in [1.807, 2.05) is 36.4 Å². The van der Waals surface area contributed by atoms with Crippen LogP contribution in [0, 0.1) is 0 Å². The van der Waals surface area contributed by atoms with Gasteiger partial charge in [0.05, 0.1) is 25.9 Å². The fourth-order valence-corrected chi connectivity index (χ4v) is 1.90. The molecule has 6 heteroatoms. The van der Waals surface area contributed by atoms with Crippen LogP contribution in [0.3, 0.4) is 0 Å². The third-order valence-corrected chi connectivity index (χ3v) is 3.05. The van der Waals surface area contributed by atoms with E-state index >= 15 is 0 Å². The highest BCUT2D eigenvalue weighted by molar-refractivity contribution is 5.93. The number of methoxy groups -OCH3 is 1. The van der Waals surface area contributed by atoms with Gasteiger partial charge in [0.25, 0.3) is 0 Å². The Kier molecular flexibility index (Phi) is 6.23. The minimum Gasteiger partial charge on any atom is -0.495 e. The highest BCUT2D eigenvalue weighted by Gasteiger charge is 2.02. The maximum absolute atomic E-state index is 5.91. The van der Waals surface area contributed by atoms with Gasteiger partial charge < -0.3 is 20.5 Å². The van der Waals surface area contributed by atoms with Crippen LogP contribution in [0.2, 0.25) is 0 Å². The number of hydrogen-bond acceptors (Lipinski definition) is 4. The summed E-state index contributed by atoms with van der Waals surface area (Å²) < 4.78 is 10.7. The quantitative estimate of drug-likeness (QED) is 0.606. The van der Waals surface area contributed by atoms with Gasteiger partial charge in [0, 0.05) is 12.3 Å². The molecule has 2 rings (SSSR count). The number of para-hydroxylation sites is 2. The first kappa shape index (κ1) is 16.6. The predicted octanol–water partition coefficient (Wildman–Crippen LogP) is 2.81. The normalized spacial score (nSPS) is 11.1. The van der Waals surface area contributed by atoms with E-state index in [-0.39, 0.29) is 0 Å². The van der Waals surface area contributed by atoms with Gasteiger partial charge in [0.1, 0.15) is 5.75 Å². The maximum atomic E-state index is 5.91. The minimum atomic E-state index is 0.320. The highest BCUT2D eigenvalue weighted by Crippen LogP contribution is 2.22. The van der Waals surface area contributed by atoms with Gasteiger partial charge in [-0.2, -0.15) is 0 Å². The molecule has 122 valence electrons. The molecule has 0 amide bonds. The van der Waals surface area contributed by atoms with Crippen LogP contribution in [-0.4, -0.2) is 24.7 Å². The van der Waals surface area contributed by atoms with Gasteiger partial charge in [-0.15, -0.1) is 0 Å². The van der Waals surface area contributed by atoms with E-state index in [2.05, 4.69) is 22.2 Å². The average Bonchev–Trinajstić information content (AvgIpc) is 2.59. The number of ether oxygens (including phenoxy) is 2. The number of nitrogens with two attached hydrogens (primary N) is 1. The number of hydrogen-bond donors (Lipinski definition) is 2. The molecule has 6 nitrogen and oxygen atoms in total. The van der Waals surface area contributed by atoms with Crippen molar-refractivity contribution in [1.29, 1.82) is 0 Å². The molecule has 3 N–H and O–H groups in total.